The van der Waals surface area contributed by atoms with Crippen LogP contribution in [0.1, 0.15) is 18.3 Å². The van der Waals surface area contributed by atoms with E-state index in [0.717, 1.165) is 5.69 Å². The molecular formula is C12H22N4O3. The molecule has 1 aromatic rings. The highest BCUT2D eigenvalue weighted by Crippen LogP contribution is 2.10. The van der Waals surface area contributed by atoms with Crippen LogP contribution in [0.5, 0.6) is 0 Å². The number of methoxy groups -OCH3 is 2. The molecule has 1 heterocycles. The van der Waals surface area contributed by atoms with Crippen LogP contribution in [-0.4, -0.2) is 48.3 Å². The lowest BCUT2D eigenvalue weighted by Crippen LogP contribution is -2.18. The first-order chi connectivity index (χ1) is 9.08. The fourth-order valence-electron chi connectivity index (χ4n) is 1.92. The van der Waals surface area contributed by atoms with Gasteiger partial charge in [0.05, 0.1) is 31.0 Å². The minimum atomic E-state index is -0.407. The molecule has 0 spiro atoms. The molecule has 2 N–H and O–H groups in total. The summed E-state index contributed by atoms with van der Waals surface area (Å²) < 4.78 is 12.0. The van der Waals surface area contributed by atoms with Crippen LogP contribution in [0.2, 0.25) is 0 Å². The van der Waals surface area contributed by atoms with Gasteiger partial charge in [0.1, 0.15) is 0 Å². The molecule has 7 nitrogen and oxygen atoms in total. The number of hydrogen-bond donors (Lipinski definition) is 1. The average Bonchev–Trinajstić information content (AvgIpc) is 2.68. The normalized spacial score (nSPS) is 12.6. The van der Waals surface area contributed by atoms with Crippen molar-refractivity contribution in [1.82, 2.24) is 15.0 Å². The lowest BCUT2D eigenvalue weighted by molar-refractivity contribution is -0.117. The van der Waals surface area contributed by atoms with Gasteiger partial charge in [-0.25, -0.2) is 4.68 Å². The summed E-state index contributed by atoms with van der Waals surface area (Å²) in [6.07, 6.45) is 0.767. The number of amides is 1. The maximum Gasteiger partial charge on any atom is 0.223 e. The SMILES string of the molecule is COCCc1c(CC(N)=O)nnn1CC(C)COC. The number of aromatic nitrogens is 3. The maximum atomic E-state index is 11.0. The Morgan fingerprint density at radius 2 is 2.16 bits per heavy atom. The van der Waals surface area contributed by atoms with Crippen molar-refractivity contribution >= 4 is 5.91 Å². The average molecular weight is 270 g/mol. The first-order valence-corrected chi connectivity index (χ1v) is 6.25. The Labute approximate surface area is 113 Å². The van der Waals surface area contributed by atoms with Crippen LogP contribution in [0.15, 0.2) is 0 Å². The second-order valence-corrected chi connectivity index (χ2v) is 4.61. The van der Waals surface area contributed by atoms with Crippen molar-refractivity contribution in [1.29, 1.82) is 0 Å². The molecule has 0 radical (unpaired) electrons. The molecule has 0 saturated heterocycles. The van der Waals surface area contributed by atoms with Gasteiger partial charge < -0.3 is 15.2 Å². The van der Waals surface area contributed by atoms with Crippen LogP contribution in [0.4, 0.5) is 0 Å². The summed E-state index contributed by atoms with van der Waals surface area (Å²) in [4.78, 5) is 11.0. The van der Waals surface area contributed by atoms with Crippen molar-refractivity contribution in [2.24, 2.45) is 11.7 Å². The van der Waals surface area contributed by atoms with Gasteiger partial charge in [0, 0.05) is 27.2 Å². The quantitative estimate of drug-likeness (QED) is 0.669. The lowest BCUT2D eigenvalue weighted by atomic mass is 10.1. The molecule has 0 aromatic carbocycles. The zero-order chi connectivity index (χ0) is 14.3. The molecule has 1 aromatic heterocycles. The van der Waals surface area contributed by atoms with E-state index in [1.807, 2.05) is 0 Å². The van der Waals surface area contributed by atoms with Crippen molar-refractivity contribution in [2.45, 2.75) is 26.3 Å². The molecule has 0 fully saturated rings. The second kappa shape index (κ2) is 7.85. The van der Waals surface area contributed by atoms with Gasteiger partial charge in [-0.15, -0.1) is 5.10 Å². The van der Waals surface area contributed by atoms with E-state index in [4.69, 9.17) is 15.2 Å². The van der Waals surface area contributed by atoms with Crippen LogP contribution in [-0.2, 0) is 33.7 Å². The van der Waals surface area contributed by atoms with Crippen LogP contribution >= 0.6 is 0 Å². The molecule has 1 rings (SSSR count). The predicted octanol–water partition coefficient (Wildman–Crippen LogP) is -0.223. The van der Waals surface area contributed by atoms with E-state index in [1.54, 1.807) is 18.9 Å². The van der Waals surface area contributed by atoms with Gasteiger partial charge >= 0.3 is 0 Å². The zero-order valence-corrected chi connectivity index (χ0v) is 11.8. The minimum Gasteiger partial charge on any atom is -0.384 e. The molecule has 1 atom stereocenters. The van der Waals surface area contributed by atoms with Crippen molar-refractivity contribution < 1.29 is 14.3 Å². The van der Waals surface area contributed by atoms with Crippen LogP contribution < -0.4 is 5.73 Å². The summed E-state index contributed by atoms with van der Waals surface area (Å²) in [5.41, 5.74) is 6.75. The third-order valence-electron chi connectivity index (χ3n) is 2.74. The van der Waals surface area contributed by atoms with Crippen molar-refractivity contribution in [3.8, 4) is 0 Å². The Morgan fingerprint density at radius 1 is 1.42 bits per heavy atom. The van der Waals surface area contributed by atoms with Gasteiger partial charge in [-0.2, -0.15) is 0 Å². The number of nitrogens with two attached hydrogens (primary N) is 1. The molecule has 7 heteroatoms. The molecule has 1 unspecified atom stereocenters. The number of carbonyl (C=O) groups excluding carboxylic acids is 1. The Kier molecular flexibility index (Phi) is 6.44. The highest BCUT2D eigenvalue weighted by Gasteiger charge is 2.16. The summed E-state index contributed by atoms with van der Waals surface area (Å²) in [5.74, 6) is -0.0925. The number of ether oxygens (including phenoxy) is 2. The van der Waals surface area contributed by atoms with E-state index in [2.05, 4.69) is 17.2 Å². The van der Waals surface area contributed by atoms with Crippen molar-refractivity contribution in [2.75, 3.05) is 27.4 Å². The maximum absolute atomic E-state index is 11.0. The first kappa shape index (κ1) is 15.6. The molecular weight excluding hydrogens is 248 g/mol. The summed E-state index contributed by atoms with van der Waals surface area (Å²) >= 11 is 0. The highest BCUT2D eigenvalue weighted by molar-refractivity contribution is 5.76. The molecule has 0 saturated carbocycles. The van der Waals surface area contributed by atoms with Gasteiger partial charge in [-0.05, 0) is 5.92 Å². The summed E-state index contributed by atoms with van der Waals surface area (Å²) in [6, 6.07) is 0. The Hall–Kier alpha value is -1.47. The van der Waals surface area contributed by atoms with E-state index in [9.17, 15) is 4.79 Å². The van der Waals surface area contributed by atoms with Crippen molar-refractivity contribution in [3.63, 3.8) is 0 Å². The second-order valence-electron chi connectivity index (χ2n) is 4.61. The fraction of sp³-hybridized carbons (Fsp3) is 0.750. The van der Waals surface area contributed by atoms with Gasteiger partial charge in [-0.1, -0.05) is 12.1 Å². The summed E-state index contributed by atoms with van der Waals surface area (Å²) in [5, 5.41) is 8.13. The van der Waals surface area contributed by atoms with Gasteiger partial charge in [0.15, 0.2) is 0 Å². The van der Waals surface area contributed by atoms with E-state index in [1.165, 1.54) is 0 Å². The van der Waals surface area contributed by atoms with Crippen LogP contribution in [0.25, 0.3) is 0 Å². The van der Waals surface area contributed by atoms with Gasteiger partial charge in [0.25, 0.3) is 0 Å². The van der Waals surface area contributed by atoms with E-state index >= 15 is 0 Å². The Morgan fingerprint density at radius 3 is 2.74 bits per heavy atom. The van der Waals surface area contributed by atoms with Gasteiger partial charge in [0.2, 0.25) is 5.91 Å². The summed E-state index contributed by atoms with van der Waals surface area (Å²) in [7, 11) is 3.30. The lowest BCUT2D eigenvalue weighted by Gasteiger charge is -2.12. The number of primary amides is 1. The smallest absolute Gasteiger partial charge is 0.223 e. The predicted molar refractivity (Wildman–Crippen MR) is 69.5 cm³/mol. The topological polar surface area (TPSA) is 92.3 Å². The summed E-state index contributed by atoms with van der Waals surface area (Å²) in [6.45, 7) is 3.96. The molecule has 0 aliphatic rings. The largest absolute Gasteiger partial charge is 0.384 e. The highest BCUT2D eigenvalue weighted by atomic mass is 16.5. The van der Waals surface area contributed by atoms with E-state index < -0.39 is 5.91 Å². The fourth-order valence-corrected chi connectivity index (χ4v) is 1.92. The van der Waals surface area contributed by atoms with Gasteiger partial charge in [-0.3, -0.25) is 4.79 Å². The number of hydrogen-bond acceptors (Lipinski definition) is 5. The monoisotopic (exact) mass is 270 g/mol. The molecule has 0 bridgehead atoms. The number of nitrogens with zero attached hydrogens (tertiary/aromatic N) is 3. The third-order valence-corrected chi connectivity index (χ3v) is 2.74. The van der Waals surface area contributed by atoms with E-state index in [-0.39, 0.29) is 6.42 Å². The minimum absolute atomic E-state index is 0.109. The molecule has 0 aliphatic heterocycles. The van der Waals surface area contributed by atoms with Crippen LogP contribution in [0.3, 0.4) is 0 Å². The van der Waals surface area contributed by atoms with Crippen LogP contribution in [0, 0.1) is 5.92 Å². The molecule has 108 valence electrons. The third kappa shape index (κ3) is 4.96. The standard InChI is InChI=1S/C12H22N4O3/c1-9(8-19-3)7-16-11(4-5-18-2)10(14-15-16)6-12(13)17/h9H,4-8H2,1-3H3,(H2,13,17). The zero-order valence-electron chi connectivity index (χ0n) is 11.8. The number of rotatable bonds is 9. The first-order valence-electron chi connectivity index (χ1n) is 6.25. The van der Waals surface area contributed by atoms with E-state index in [0.29, 0.717) is 37.8 Å². The van der Waals surface area contributed by atoms with Crippen molar-refractivity contribution in [3.05, 3.63) is 11.4 Å². The Balaban J connectivity index is 2.83. The number of carbonyl (C=O) groups is 1. The molecule has 0 aliphatic carbocycles. The Bertz CT molecular complexity index is 406. The molecule has 19 heavy (non-hydrogen) atoms. The molecule has 1 amide bonds.